The highest BCUT2D eigenvalue weighted by Crippen LogP contribution is 2.26. The van der Waals surface area contributed by atoms with Gasteiger partial charge < -0.3 is 10.4 Å². The molecule has 1 fully saturated rings. The van der Waals surface area contributed by atoms with E-state index in [0.29, 0.717) is 0 Å². The van der Waals surface area contributed by atoms with Gasteiger partial charge in [-0.2, -0.15) is 0 Å². The average Bonchev–Trinajstić information content (AvgIpc) is 2.46. The van der Waals surface area contributed by atoms with Crippen LogP contribution in [0.2, 0.25) is 0 Å². The number of aliphatic hydroxyl groups is 1. The van der Waals surface area contributed by atoms with E-state index in [2.05, 4.69) is 5.32 Å². The van der Waals surface area contributed by atoms with E-state index in [9.17, 15) is 14.3 Å². The molecule has 19 heavy (non-hydrogen) atoms. The summed E-state index contributed by atoms with van der Waals surface area (Å²) in [6, 6.07) is 5.86. The number of aliphatic hydroxyl groups excluding tert-OH is 1. The molecule has 1 aliphatic rings. The molecule has 2 rings (SSSR count). The van der Waals surface area contributed by atoms with Crippen LogP contribution in [0.1, 0.15) is 42.5 Å². The monoisotopic (exact) mass is 265 g/mol. The third kappa shape index (κ3) is 3.77. The molecule has 0 spiro atoms. The van der Waals surface area contributed by atoms with Crippen molar-refractivity contribution in [2.75, 3.05) is 6.54 Å². The van der Waals surface area contributed by atoms with E-state index >= 15 is 0 Å². The topological polar surface area (TPSA) is 49.3 Å². The molecule has 1 unspecified atom stereocenters. The summed E-state index contributed by atoms with van der Waals surface area (Å²) in [4.78, 5) is 11.8. The Hall–Kier alpha value is -1.42. The van der Waals surface area contributed by atoms with E-state index < -0.39 is 17.8 Å². The van der Waals surface area contributed by atoms with Crippen molar-refractivity contribution < 1.29 is 14.3 Å². The summed E-state index contributed by atoms with van der Waals surface area (Å²) in [5.74, 6) is -0.741. The Labute approximate surface area is 112 Å². The van der Waals surface area contributed by atoms with Crippen molar-refractivity contribution in [3.8, 4) is 0 Å². The van der Waals surface area contributed by atoms with E-state index in [-0.39, 0.29) is 18.0 Å². The van der Waals surface area contributed by atoms with Crippen molar-refractivity contribution in [1.82, 2.24) is 5.32 Å². The Morgan fingerprint density at radius 1 is 1.32 bits per heavy atom. The number of nitrogens with one attached hydrogen (secondary N) is 1. The van der Waals surface area contributed by atoms with Crippen LogP contribution < -0.4 is 5.32 Å². The minimum absolute atomic E-state index is 0.0262. The maximum atomic E-state index is 13.4. The predicted molar refractivity (Wildman–Crippen MR) is 71.3 cm³/mol. The summed E-state index contributed by atoms with van der Waals surface area (Å²) in [6.07, 6.45) is 5.00. The normalized spacial score (nSPS) is 18.0. The lowest BCUT2D eigenvalue weighted by molar-refractivity contribution is 0.0736. The molecule has 1 aliphatic carbocycles. The van der Waals surface area contributed by atoms with Crippen molar-refractivity contribution in [1.29, 1.82) is 0 Å². The fourth-order valence-electron chi connectivity index (χ4n) is 2.62. The highest BCUT2D eigenvalue weighted by Gasteiger charge is 2.22. The first-order chi connectivity index (χ1) is 9.18. The summed E-state index contributed by atoms with van der Waals surface area (Å²) in [7, 11) is 0. The molecule has 104 valence electrons. The molecule has 0 bridgehead atoms. The zero-order valence-corrected chi connectivity index (χ0v) is 10.9. The summed E-state index contributed by atoms with van der Waals surface area (Å²) >= 11 is 0. The van der Waals surface area contributed by atoms with Crippen molar-refractivity contribution in [2.24, 2.45) is 5.92 Å². The smallest absolute Gasteiger partial charge is 0.254 e. The molecular formula is C15H20FNO2. The molecule has 0 radical (unpaired) electrons. The van der Waals surface area contributed by atoms with Crippen LogP contribution in [0, 0.1) is 11.7 Å². The molecule has 1 atom stereocenters. The molecule has 1 saturated carbocycles. The molecule has 2 N–H and O–H groups in total. The first-order valence-electron chi connectivity index (χ1n) is 6.89. The van der Waals surface area contributed by atoms with Crippen LogP contribution in [0.25, 0.3) is 0 Å². The van der Waals surface area contributed by atoms with Gasteiger partial charge in [0.15, 0.2) is 0 Å². The number of hydrogen-bond acceptors (Lipinski definition) is 2. The van der Waals surface area contributed by atoms with Crippen LogP contribution in [0.5, 0.6) is 0 Å². The molecule has 0 heterocycles. The lowest BCUT2D eigenvalue weighted by Gasteiger charge is -2.26. The molecule has 1 amide bonds. The Balaban J connectivity index is 1.84. The van der Waals surface area contributed by atoms with Gasteiger partial charge in [0.05, 0.1) is 11.7 Å². The number of rotatable bonds is 4. The van der Waals surface area contributed by atoms with Gasteiger partial charge in [-0.1, -0.05) is 31.4 Å². The van der Waals surface area contributed by atoms with E-state index in [1.54, 1.807) is 12.1 Å². The molecular weight excluding hydrogens is 245 g/mol. The highest BCUT2D eigenvalue weighted by atomic mass is 19.1. The molecule has 0 aromatic heterocycles. The number of halogens is 1. The number of carbonyl (C=O) groups is 1. The van der Waals surface area contributed by atoms with Crippen LogP contribution >= 0.6 is 0 Å². The van der Waals surface area contributed by atoms with Gasteiger partial charge in [-0.05, 0) is 30.9 Å². The Morgan fingerprint density at radius 3 is 2.68 bits per heavy atom. The third-order valence-electron chi connectivity index (χ3n) is 3.78. The van der Waals surface area contributed by atoms with E-state index in [1.807, 2.05) is 0 Å². The van der Waals surface area contributed by atoms with Gasteiger partial charge in [-0.25, -0.2) is 4.39 Å². The molecule has 0 aliphatic heterocycles. The number of benzene rings is 1. The molecule has 4 heteroatoms. The minimum atomic E-state index is -0.535. The number of amides is 1. The summed E-state index contributed by atoms with van der Waals surface area (Å²) in [5.41, 5.74) is 0.0262. The van der Waals surface area contributed by atoms with Gasteiger partial charge in [0.2, 0.25) is 0 Å². The maximum absolute atomic E-state index is 13.4. The van der Waals surface area contributed by atoms with Gasteiger partial charge in [0.1, 0.15) is 5.82 Å². The first-order valence-corrected chi connectivity index (χ1v) is 6.89. The Bertz CT molecular complexity index is 430. The summed E-state index contributed by atoms with van der Waals surface area (Å²) in [6.45, 7) is 0.192. The van der Waals surface area contributed by atoms with Crippen LogP contribution in [0.4, 0.5) is 4.39 Å². The van der Waals surface area contributed by atoms with Gasteiger partial charge in [-0.15, -0.1) is 0 Å². The van der Waals surface area contributed by atoms with Crippen LogP contribution in [-0.2, 0) is 0 Å². The van der Waals surface area contributed by atoms with Crippen molar-refractivity contribution in [2.45, 2.75) is 38.2 Å². The van der Waals surface area contributed by atoms with Gasteiger partial charge >= 0.3 is 0 Å². The van der Waals surface area contributed by atoms with E-state index in [4.69, 9.17) is 0 Å². The zero-order valence-electron chi connectivity index (χ0n) is 10.9. The van der Waals surface area contributed by atoms with E-state index in [0.717, 1.165) is 25.7 Å². The third-order valence-corrected chi connectivity index (χ3v) is 3.78. The lowest BCUT2D eigenvalue weighted by Crippen LogP contribution is -2.37. The highest BCUT2D eigenvalue weighted by molar-refractivity contribution is 5.94. The molecule has 3 nitrogen and oxygen atoms in total. The standard InChI is InChI=1S/C15H20FNO2/c16-13-9-5-4-8-12(13)15(19)17-10-14(18)11-6-2-1-3-7-11/h4-5,8-9,11,14,18H,1-3,6-7,10H2,(H,17,19). The van der Waals surface area contributed by atoms with E-state index in [1.165, 1.54) is 18.6 Å². The Morgan fingerprint density at radius 2 is 2.00 bits per heavy atom. The summed E-state index contributed by atoms with van der Waals surface area (Å²) in [5, 5.41) is 12.6. The second kappa shape index (κ2) is 6.66. The molecule has 1 aromatic rings. The van der Waals surface area contributed by atoms with Gasteiger partial charge in [-0.3, -0.25) is 4.79 Å². The SMILES string of the molecule is O=C(NCC(O)C1CCCCC1)c1ccccc1F. The van der Waals surface area contributed by atoms with Gasteiger partial charge in [0, 0.05) is 6.54 Å². The predicted octanol–water partition coefficient (Wildman–Crippen LogP) is 2.50. The summed E-state index contributed by atoms with van der Waals surface area (Å²) < 4.78 is 13.4. The molecule has 0 saturated heterocycles. The van der Waals surface area contributed by atoms with Crippen molar-refractivity contribution in [3.63, 3.8) is 0 Å². The minimum Gasteiger partial charge on any atom is -0.391 e. The lowest BCUT2D eigenvalue weighted by atomic mass is 9.85. The second-order valence-corrected chi connectivity index (χ2v) is 5.16. The average molecular weight is 265 g/mol. The fraction of sp³-hybridized carbons (Fsp3) is 0.533. The zero-order chi connectivity index (χ0) is 13.7. The van der Waals surface area contributed by atoms with Gasteiger partial charge in [0.25, 0.3) is 5.91 Å². The van der Waals surface area contributed by atoms with Crippen molar-refractivity contribution in [3.05, 3.63) is 35.6 Å². The fourth-order valence-corrected chi connectivity index (χ4v) is 2.62. The number of hydrogen-bond donors (Lipinski definition) is 2. The van der Waals surface area contributed by atoms with Crippen molar-refractivity contribution >= 4 is 5.91 Å². The Kier molecular flexibility index (Phi) is 4.91. The van der Waals surface area contributed by atoms with Crippen LogP contribution in [-0.4, -0.2) is 23.7 Å². The number of carbonyl (C=O) groups excluding carboxylic acids is 1. The largest absolute Gasteiger partial charge is 0.391 e. The molecule has 1 aromatic carbocycles. The van der Waals surface area contributed by atoms with Crippen LogP contribution in [0.15, 0.2) is 24.3 Å². The maximum Gasteiger partial charge on any atom is 0.254 e. The quantitative estimate of drug-likeness (QED) is 0.878. The van der Waals surface area contributed by atoms with Crippen LogP contribution in [0.3, 0.4) is 0 Å². The first kappa shape index (κ1) is 14.0. The second-order valence-electron chi connectivity index (χ2n) is 5.16.